The first-order valence-electron chi connectivity index (χ1n) is 8.03. The number of rotatable bonds is 5. The summed E-state index contributed by atoms with van der Waals surface area (Å²) >= 11 is 0. The minimum absolute atomic E-state index is 0.915. The van der Waals surface area contributed by atoms with Gasteiger partial charge in [-0.3, -0.25) is 0 Å². The van der Waals surface area contributed by atoms with Crippen molar-refractivity contribution in [3.8, 4) is 11.8 Å². The highest BCUT2D eigenvalue weighted by Crippen LogP contribution is 2.19. The van der Waals surface area contributed by atoms with Gasteiger partial charge >= 0.3 is 0 Å². The van der Waals surface area contributed by atoms with Crippen molar-refractivity contribution in [3.05, 3.63) is 59.7 Å². The van der Waals surface area contributed by atoms with Gasteiger partial charge in [0.25, 0.3) is 0 Å². The molecular formula is C21H25N. The molecule has 2 aromatic carbocycles. The summed E-state index contributed by atoms with van der Waals surface area (Å²) in [5.41, 5.74) is 2.62. The van der Waals surface area contributed by atoms with Crippen LogP contribution >= 0.6 is 0 Å². The maximum absolute atomic E-state index is 3.28. The van der Waals surface area contributed by atoms with Gasteiger partial charge in [-0.15, -0.1) is 0 Å². The number of fused-ring (bicyclic) bond motifs is 1. The molecule has 0 aliphatic rings. The van der Waals surface area contributed by atoms with Crippen LogP contribution in [0.5, 0.6) is 0 Å². The minimum Gasteiger partial charge on any atom is -0.301 e. The lowest BCUT2D eigenvalue weighted by molar-refractivity contribution is 0.336. The summed E-state index contributed by atoms with van der Waals surface area (Å²) in [4.78, 5) is 2.34. The van der Waals surface area contributed by atoms with Crippen LogP contribution < -0.4 is 0 Å². The average Bonchev–Trinajstić information content (AvgIpc) is 2.55. The fraction of sp³-hybridized carbons (Fsp3) is 0.333. The molecule has 0 radical (unpaired) electrons. The Bertz CT molecular complexity index is 695. The van der Waals surface area contributed by atoms with Gasteiger partial charge in [-0.25, -0.2) is 0 Å². The summed E-state index contributed by atoms with van der Waals surface area (Å²) in [7, 11) is 2.17. The van der Waals surface area contributed by atoms with E-state index >= 15 is 0 Å². The molecular weight excluding hydrogens is 266 g/mol. The molecule has 0 atom stereocenters. The van der Waals surface area contributed by atoms with Crippen LogP contribution in [0.2, 0.25) is 0 Å². The maximum atomic E-state index is 3.28. The van der Waals surface area contributed by atoms with Gasteiger partial charge in [0, 0.05) is 19.5 Å². The Kier molecular flexibility index (Phi) is 6.25. The zero-order valence-corrected chi connectivity index (χ0v) is 13.9. The van der Waals surface area contributed by atoms with Gasteiger partial charge in [-0.2, -0.15) is 0 Å². The van der Waals surface area contributed by atoms with Crippen molar-refractivity contribution in [1.82, 2.24) is 4.90 Å². The van der Waals surface area contributed by atoms with Gasteiger partial charge in [-0.1, -0.05) is 67.3 Å². The van der Waals surface area contributed by atoms with Gasteiger partial charge in [-0.05, 0) is 42.3 Å². The second-order valence-corrected chi connectivity index (χ2v) is 5.60. The van der Waals surface area contributed by atoms with Crippen molar-refractivity contribution in [2.75, 3.05) is 13.6 Å². The fourth-order valence-electron chi connectivity index (χ4n) is 2.59. The highest BCUT2D eigenvalue weighted by molar-refractivity contribution is 5.85. The summed E-state index contributed by atoms with van der Waals surface area (Å²) in [5, 5.41) is 2.67. The third kappa shape index (κ3) is 4.48. The Labute approximate surface area is 134 Å². The second-order valence-electron chi connectivity index (χ2n) is 5.60. The molecule has 0 fully saturated rings. The van der Waals surface area contributed by atoms with Crippen LogP contribution in [-0.4, -0.2) is 18.5 Å². The first-order chi connectivity index (χ1) is 10.7. The topological polar surface area (TPSA) is 3.24 Å². The van der Waals surface area contributed by atoms with E-state index in [9.17, 15) is 0 Å². The fourth-order valence-corrected chi connectivity index (χ4v) is 2.59. The summed E-state index contributed by atoms with van der Waals surface area (Å²) in [6, 6.07) is 15.1. The van der Waals surface area contributed by atoms with E-state index < -0.39 is 0 Å². The quantitative estimate of drug-likeness (QED) is 0.699. The van der Waals surface area contributed by atoms with Gasteiger partial charge in [0.2, 0.25) is 0 Å². The maximum Gasteiger partial charge on any atom is 0.0237 e. The Balaban J connectivity index is 1.95. The van der Waals surface area contributed by atoms with Crippen LogP contribution in [0.4, 0.5) is 0 Å². The Morgan fingerprint density at radius 3 is 2.68 bits per heavy atom. The molecule has 114 valence electrons. The summed E-state index contributed by atoms with van der Waals surface area (Å²) in [6.07, 6.45) is 4.04. The number of benzene rings is 2. The molecule has 0 bridgehead atoms. The van der Waals surface area contributed by atoms with Crippen LogP contribution in [0.15, 0.2) is 54.1 Å². The van der Waals surface area contributed by atoms with E-state index in [1.165, 1.54) is 21.9 Å². The second kappa shape index (κ2) is 8.41. The highest BCUT2D eigenvalue weighted by atomic mass is 15.1. The van der Waals surface area contributed by atoms with Crippen molar-refractivity contribution < 1.29 is 0 Å². The van der Waals surface area contributed by atoms with E-state index in [1.54, 1.807) is 0 Å². The number of allylic oxidation sites excluding steroid dienone is 2. The minimum atomic E-state index is 0.915. The van der Waals surface area contributed by atoms with E-state index in [0.29, 0.717) is 0 Å². The standard InChI is InChI=1S/C21H25N/c1-4-18(5-2)11-8-9-16-22(3)17-20-14-10-13-19-12-6-7-15-21(19)20/h4,6-7,10,12-15H,5,9,16-17H2,1-3H3. The Hall–Kier alpha value is -2.04. The lowest BCUT2D eigenvalue weighted by Gasteiger charge is -2.16. The van der Waals surface area contributed by atoms with Crippen LogP contribution in [0, 0.1) is 11.8 Å². The molecule has 1 heteroatoms. The van der Waals surface area contributed by atoms with E-state index in [-0.39, 0.29) is 0 Å². The van der Waals surface area contributed by atoms with Crippen LogP contribution in [-0.2, 0) is 6.54 Å². The largest absolute Gasteiger partial charge is 0.301 e. The van der Waals surface area contributed by atoms with E-state index in [2.05, 4.69) is 86.2 Å². The predicted octanol–water partition coefficient (Wildman–Crippen LogP) is 5.02. The molecule has 0 amide bonds. The molecule has 1 nitrogen and oxygen atoms in total. The summed E-state index contributed by atoms with van der Waals surface area (Å²) in [6.45, 7) is 6.17. The van der Waals surface area contributed by atoms with Crippen LogP contribution in [0.1, 0.15) is 32.3 Å². The average molecular weight is 291 g/mol. The molecule has 0 saturated carbocycles. The smallest absolute Gasteiger partial charge is 0.0237 e. The van der Waals surface area contributed by atoms with Crippen LogP contribution in [0.25, 0.3) is 10.8 Å². The molecule has 0 heterocycles. The monoisotopic (exact) mass is 291 g/mol. The van der Waals surface area contributed by atoms with Gasteiger partial charge in [0.15, 0.2) is 0 Å². The molecule has 0 spiro atoms. The predicted molar refractivity (Wildman–Crippen MR) is 96.7 cm³/mol. The lowest BCUT2D eigenvalue weighted by Crippen LogP contribution is -2.18. The first-order valence-corrected chi connectivity index (χ1v) is 8.03. The van der Waals surface area contributed by atoms with Crippen LogP contribution in [0.3, 0.4) is 0 Å². The summed E-state index contributed by atoms with van der Waals surface area (Å²) in [5.74, 6) is 6.53. The molecule has 0 aromatic heterocycles. The van der Waals surface area contributed by atoms with Gasteiger partial charge in [0.1, 0.15) is 0 Å². The zero-order chi connectivity index (χ0) is 15.8. The van der Waals surface area contributed by atoms with Crippen molar-refractivity contribution in [2.45, 2.75) is 33.2 Å². The Morgan fingerprint density at radius 1 is 1.14 bits per heavy atom. The molecule has 22 heavy (non-hydrogen) atoms. The SMILES string of the molecule is CC=C(C#CCCN(C)Cc1cccc2ccccc12)CC. The lowest BCUT2D eigenvalue weighted by atomic mass is 10.0. The molecule has 2 rings (SSSR count). The molecule has 0 unspecified atom stereocenters. The molecule has 0 aliphatic carbocycles. The van der Waals surface area contributed by atoms with Gasteiger partial charge < -0.3 is 4.90 Å². The van der Waals surface area contributed by atoms with E-state index in [4.69, 9.17) is 0 Å². The Morgan fingerprint density at radius 2 is 1.91 bits per heavy atom. The summed E-state index contributed by atoms with van der Waals surface area (Å²) < 4.78 is 0. The van der Waals surface area contributed by atoms with E-state index in [0.717, 1.165) is 25.9 Å². The highest BCUT2D eigenvalue weighted by Gasteiger charge is 2.03. The molecule has 2 aromatic rings. The third-order valence-electron chi connectivity index (χ3n) is 3.92. The number of hydrogen-bond donors (Lipinski definition) is 0. The molecule has 0 saturated heterocycles. The molecule has 0 aliphatic heterocycles. The third-order valence-corrected chi connectivity index (χ3v) is 3.92. The zero-order valence-electron chi connectivity index (χ0n) is 13.9. The first kappa shape index (κ1) is 16.3. The van der Waals surface area contributed by atoms with Crippen molar-refractivity contribution in [1.29, 1.82) is 0 Å². The number of nitrogens with zero attached hydrogens (tertiary/aromatic N) is 1. The van der Waals surface area contributed by atoms with Crippen molar-refractivity contribution in [3.63, 3.8) is 0 Å². The number of hydrogen-bond acceptors (Lipinski definition) is 1. The van der Waals surface area contributed by atoms with Crippen molar-refractivity contribution in [2.24, 2.45) is 0 Å². The van der Waals surface area contributed by atoms with Crippen molar-refractivity contribution >= 4 is 10.8 Å². The van der Waals surface area contributed by atoms with Gasteiger partial charge in [0.05, 0.1) is 0 Å². The molecule has 0 N–H and O–H groups in total. The van der Waals surface area contributed by atoms with E-state index in [1.807, 2.05) is 0 Å². The normalized spacial score (nSPS) is 11.5.